The maximum absolute atomic E-state index is 14.3. The molecule has 0 spiro atoms. The van der Waals surface area contributed by atoms with E-state index in [0.29, 0.717) is 12.1 Å². The number of likely N-dealkylation sites (tertiary alicyclic amines) is 1. The Balaban J connectivity index is 1.68. The zero-order chi connectivity index (χ0) is 42.2. The first-order valence-corrected chi connectivity index (χ1v) is 22.2. The molecule has 3 aliphatic heterocycles. The third-order valence-corrected chi connectivity index (χ3v) is 13.9. The van der Waals surface area contributed by atoms with E-state index in [9.17, 15) is 24.9 Å². The van der Waals surface area contributed by atoms with Gasteiger partial charge in [0, 0.05) is 37.5 Å². The summed E-state index contributed by atoms with van der Waals surface area (Å²) in [4.78, 5) is 38.7. The maximum atomic E-state index is 14.3. The largest absolute Gasteiger partial charge is 0.459 e. The number of Topliss-reactive ketones (excluding diaryl/α,β-unsaturated/α-hetero) is 1. The van der Waals surface area contributed by atoms with Crippen molar-refractivity contribution >= 4 is 17.5 Å². The van der Waals surface area contributed by atoms with E-state index in [1.54, 1.807) is 27.9 Å². The van der Waals surface area contributed by atoms with Crippen molar-refractivity contribution in [1.29, 1.82) is 0 Å². The molecule has 4 rings (SSSR count). The van der Waals surface area contributed by atoms with Crippen LogP contribution >= 0.6 is 0 Å². The van der Waals surface area contributed by atoms with Gasteiger partial charge in [-0.25, -0.2) is 0 Å². The molecule has 0 amide bonds. The van der Waals surface area contributed by atoms with Gasteiger partial charge in [0.25, 0.3) is 0 Å². The van der Waals surface area contributed by atoms with Crippen LogP contribution in [-0.2, 0) is 33.4 Å². The first-order valence-electron chi connectivity index (χ1n) is 22.2. The lowest BCUT2D eigenvalue weighted by Gasteiger charge is -2.47. The van der Waals surface area contributed by atoms with Crippen LogP contribution in [-0.4, -0.2) is 144 Å². The first-order chi connectivity index (χ1) is 26.8. The van der Waals surface area contributed by atoms with Gasteiger partial charge < -0.3 is 44.0 Å². The molecule has 3 heterocycles. The second-order valence-electron chi connectivity index (χ2n) is 18.8. The van der Waals surface area contributed by atoms with Gasteiger partial charge in [0.1, 0.15) is 29.8 Å². The maximum Gasteiger partial charge on any atom is 0.316 e. The molecule has 4 aliphatic rings. The fourth-order valence-corrected chi connectivity index (χ4v) is 10.1. The standard InChI is InChI=1S/C44H79N3O10/c1-12-35-44(8,52)39(50)29(4)36(45-57-33-21-17-23-47(26-33)22-16-20-32-18-14-13-15-19-32)27(2)25-43(7,53-11)40(30(5)37(48)31(6)41(51)55-35)56-42-38(49)34(46(9)10)24-28(3)54-42/h27-35,38-40,42,49-50,52H,12-26H2,1-11H3/b45-36+/t27-,28-,29+,30+,31-,33-,34+,35-,38-,39-,40-,42+,43-,44-/m1/s1. The molecule has 14 atom stereocenters. The third-order valence-electron chi connectivity index (χ3n) is 13.9. The van der Waals surface area contributed by atoms with E-state index in [-0.39, 0.29) is 31.1 Å². The van der Waals surface area contributed by atoms with E-state index in [0.717, 1.165) is 38.4 Å². The Morgan fingerprint density at radius 3 is 2.30 bits per heavy atom. The Morgan fingerprint density at radius 1 is 0.982 bits per heavy atom. The van der Waals surface area contributed by atoms with Crippen LogP contribution in [0.3, 0.4) is 0 Å². The summed E-state index contributed by atoms with van der Waals surface area (Å²) >= 11 is 0. The zero-order valence-electron chi connectivity index (χ0n) is 37.2. The number of likely N-dealkylation sites (N-methyl/N-ethyl adjacent to an activating group) is 1. The Bertz CT molecular complexity index is 1310. The van der Waals surface area contributed by atoms with E-state index in [1.807, 2.05) is 39.8 Å². The fourth-order valence-electron chi connectivity index (χ4n) is 10.1. The summed E-state index contributed by atoms with van der Waals surface area (Å²) in [6, 6.07) is -0.255. The first kappa shape index (κ1) is 48.0. The number of carbonyl (C=O) groups excluding carboxylic acids is 2. The molecule has 0 aromatic heterocycles. The molecule has 13 nitrogen and oxygen atoms in total. The number of hydrogen-bond donors (Lipinski definition) is 3. The summed E-state index contributed by atoms with van der Waals surface area (Å²) < 4.78 is 25.1. The highest BCUT2D eigenvalue weighted by molar-refractivity contribution is 6.00. The molecule has 4 fully saturated rings. The predicted octanol–water partition coefficient (Wildman–Crippen LogP) is 5.35. The molecule has 3 N–H and O–H groups in total. The number of esters is 1. The van der Waals surface area contributed by atoms with Crippen molar-refractivity contribution in [3.8, 4) is 0 Å². The van der Waals surface area contributed by atoms with Crippen LogP contribution in [0.25, 0.3) is 0 Å². The molecule has 1 aliphatic carbocycles. The van der Waals surface area contributed by atoms with Crippen LogP contribution in [0.2, 0.25) is 0 Å². The summed E-state index contributed by atoms with van der Waals surface area (Å²) in [5, 5.41) is 40.2. The molecule has 0 aromatic rings. The number of nitrogens with zero attached hydrogens (tertiary/aromatic N) is 3. The van der Waals surface area contributed by atoms with Gasteiger partial charge >= 0.3 is 5.97 Å². The second-order valence-corrected chi connectivity index (χ2v) is 18.8. The number of ketones is 1. The van der Waals surface area contributed by atoms with Crippen molar-refractivity contribution in [3.05, 3.63) is 0 Å². The highest BCUT2D eigenvalue weighted by Gasteiger charge is 2.51. The molecule has 1 saturated carbocycles. The highest BCUT2D eigenvalue weighted by Crippen LogP contribution is 2.39. The average Bonchev–Trinajstić information content (AvgIpc) is 3.18. The highest BCUT2D eigenvalue weighted by atomic mass is 16.7. The van der Waals surface area contributed by atoms with Gasteiger partial charge in [-0.2, -0.15) is 0 Å². The van der Waals surface area contributed by atoms with Gasteiger partial charge in [-0.1, -0.05) is 65.0 Å². The smallest absolute Gasteiger partial charge is 0.316 e. The van der Waals surface area contributed by atoms with Crippen molar-refractivity contribution in [1.82, 2.24) is 9.80 Å². The number of rotatable bonds is 11. The SMILES string of the molecule is CC[C@H]1OC(=O)[C@H](C)C(=O)[C@H](C)[C@@H](O[C@@H]2O[C@H](C)C[C@H](N(C)C)[C@H]2O)[C@](C)(OC)C[C@@H](C)/C(=N\O[C@@H]2CCCN(CCCC3CCCCC3)C2)[C@H](C)[C@@H](O)[C@]1(C)O. The number of cyclic esters (lactones) is 1. The number of oxime groups is 1. The monoisotopic (exact) mass is 810 g/mol. The minimum Gasteiger partial charge on any atom is -0.459 e. The van der Waals surface area contributed by atoms with Crippen molar-refractivity contribution in [2.24, 2.45) is 34.7 Å². The molecule has 330 valence electrons. The van der Waals surface area contributed by atoms with Crippen LogP contribution in [0.1, 0.15) is 132 Å². The van der Waals surface area contributed by atoms with Crippen LogP contribution in [0.4, 0.5) is 0 Å². The van der Waals surface area contributed by atoms with Crippen molar-refractivity contribution < 1.29 is 48.7 Å². The minimum absolute atomic E-state index is 0.143. The molecular weight excluding hydrogens is 730 g/mol. The zero-order valence-corrected chi connectivity index (χ0v) is 37.2. The lowest BCUT2D eigenvalue weighted by atomic mass is 9.74. The van der Waals surface area contributed by atoms with Gasteiger partial charge in [0.15, 0.2) is 12.1 Å². The quantitative estimate of drug-likeness (QED) is 0.140. The number of piperidine rings is 1. The van der Waals surface area contributed by atoms with Crippen molar-refractivity contribution in [2.45, 2.75) is 193 Å². The minimum atomic E-state index is -1.88. The van der Waals surface area contributed by atoms with Gasteiger partial charge in [0.2, 0.25) is 0 Å². The van der Waals surface area contributed by atoms with Crippen LogP contribution in [0.15, 0.2) is 5.16 Å². The Morgan fingerprint density at radius 2 is 1.67 bits per heavy atom. The summed E-state index contributed by atoms with van der Waals surface area (Å²) in [6.07, 6.45) is 6.17. The van der Waals surface area contributed by atoms with Crippen LogP contribution in [0.5, 0.6) is 0 Å². The number of hydrogen-bond acceptors (Lipinski definition) is 13. The fraction of sp³-hybridized carbons (Fsp3) is 0.932. The Kier molecular flexibility index (Phi) is 17.8. The summed E-state index contributed by atoms with van der Waals surface area (Å²) in [5.41, 5.74) is -2.56. The van der Waals surface area contributed by atoms with Crippen LogP contribution < -0.4 is 0 Å². The lowest BCUT2D eigenvalue weighted by Crippen LogP contribution is -2.60. The summed E-state index contributed by atoms with van der Waals surface area (Å²) in [5.74, 6) is -3.67. The number of aliphatic hydroxyl groups excluding tert-OH is 2. The number of carbonyl (C=O) groups is 2. The van der Waals surface area contributed by atoms with E-state index >= 15 is 0 Å². The summed E-state index contributed by atoms with van der Waals surface area (Å²) in [6.45, 7) is 16.8. The van der Waals surface area contributed by atoms with Crippen molar-refractivity contribution in [3.63, 3.8) is 0 Å². The van der Waals surface area contributed by atoms with E-state index in [4.69, 9.17) is 28.9 Å². The van der Waals surface area contributed by atoms with Gasteiger partial charge in [0.05, 0.1) is 29.6 Å². The average molecular weight is 810 g/mol. The third kappa shape index (κ3) is 12.0. The van der Waals surface area contributed by atoms with E-state index in [1.165, 1.54) is 58.8 Å². The summed E-state index contributed by atoms with van der Waals surface area (Å²) in [7, 11) is 5.35. The predicted molar refractivity (Wildman–Crippen MR) is 220 cm³/mol. The number of ether oxygens (including phenoxy) is 4. The van der Waals surface area contributed by atoms with E-state index in [2.05, 4.69) is 4.90 Å². The number of methoxy groups -OCH3 is 1. The van der Waals surface area contributed by atoms with Gasteiger partial charge in [-0.05, 0) is 106 Å². The van der Waals surface area contributed by atoms with E-state index < -0.39 is 77.3 Å². The van der Waals surface area contributed by atoms with Gasteiger partial charge in [-0.15, -0.1) is 0 Å². The van der Waals surface area contributed by atoms with Crippen molar-refractivity contribution in [2.75, 3.05) is 40.8 Å². The van der Waals surface area contributed by atoms with Crippen LogP contribution in [0, 0.1) is 29.6 Å². The molecule has 13 heteroatoms. The molecule has 57 heavy (non-hydrogen) atoms. The Hall–Kier alpha value is -1.71. The molecule has 0 bridgehead atoms. The molecule has 3 saturated heterocycles. The normalized spacial score (nSPS) is 42.2. The number of aliphatic hydroxyl groups is 3. The van der Waals surface area contributed by atoms with Gasteiger partial charge in [-0.3, -0.25) is 14.5 Å². The molecular formula is C44H79N3O10. The second kappa shape index (κ2) is 21.2. The molecule has 0 aromatic carbocycles. The topological polar surface area (TPSA) is 160 Å². The lowest BCUT2D eigenvalue weighted by molar-refractivity contribution is -0.295. The Labute approximate surface area is 343 Å². The molecule has 0 radical (unpaired) electrons. The molecule has 0 unspecified atom stereocenters.